The van der Waals surface area contributed by atoms with Gasteiger partial charge in [0, 0.05) is 38.8 Å². The van der Waals surface area contributed by atoms with E-state index in [1.807, 2.05) is 11.4 Å². The first-order chi connectivity index (χ1) is 15.8. The van der Waals surface area contributed by atoms with Crippen molar-refractivity contribution < 1.29 is 23.8 Å². The van der Waals surface area contributed by atoms with Crippen molar-refractivity contribution in [3.8, 4) is 5.75 Å². The van der Waals surface area contributed by atoms with Crippen LogP contribution in [0.15, 0.2) is 12.1 Å². The highest BCUT2D eigenvalue weighted by Gasteiger charge is 2.38. The number of amides is 1. The molecular weight excluding hydrogens is 489 g/mol. The molecule has 184 valence electrons. The number of nitrogens with zero attached hydrogens (tertiary/aromatic N) is 3. The van der Waals surface area contributed by atoms with Crippen molar-refractivity contribution in [3.63, 3.8) is 0 Å². The van der Waals surface area contributed by atoms with Crippen molar-refractivity contribution in [1.29, 1.82) is 0 Å². The minimum atomic E-state index is -0.703. The molecule has 33 heavy (non-hydrogen) atoms. The lowest BCUT2D eigenvalue weighted by atomic mass is 10.0. The molecule has 8 nitrogen and oxygen atoms in total. The molecule has 2 heterocycles. The number of hydrogen-bond donors (Lipinski definition) is 0. The molecule has 0 saturated carbocycles. The van der Waals surface area contributed by atoms with Gasteiger partial charge in [-0.25, -0.2) is 13.4 Å². The summed E-state index contributed by atoms with van der Waals surface area (Å²) in [4.78, 5) is 27.7. The zero-order chi connectivity index (χ0) is 24.0. The molecule has 0 N–H and O–H groups in total. The maximum Gasteiger partial charge on any atom is 0.343 e. The maximum atomic E-state index is 12.8. The zero-order valence-electron chi connectivity index (χ0n) is 19.2. The summed E-state index contributed by atoms with van der Waals surface area (Å²) in [6.45, 7) is 8.33. The van der Waals surface area contributed by atoms with Gasteiger partial charge in [0.05, 0.1) is 23.3 Å². The predicted octanol–water partition coefficient (Wildman–Crippen LogP) is 3.96. The van der Waals surface area contributed by atoms with Crippen LogP contribution in [0.5, 0.6) is 5.75 Å². The molecule has 2 saturated heterocycles. The first-order valence-corrected chi connectivity index (χ1v) is 12.6. The second-order valence-electron chi connectivity index (χ2n) is 8.43. The van der Waals surface area contributed by atoms with Crippen LogP contribution in [0.4, 0.5) is 0 Å². The van der Waals surface area contributed by atoms with Gasteiger partial charge in [-0.1, -0.05) is 37.0 Å². The number of halogens is 2. The Morgan fingerprint density at radius 3 is 2.70 bits per heavy atom. The van der Waals surface area contributed by atoms with Crippen LogP contribution < -0.4 is 4.74 Å². The largest absolute Gasteiger partial charge is 0.491 e. The van der Waals surface area contributed by atoms with E-state index in [2.05, 4.69) is 18.7 Å². The molecule has 2 aliphatic rings. The lowest BCUT2D eigenvalue weighted by molar-refractivity contribution is -0.130. The van der Waals surface area contributed by atoms with Crippen LogP contribution in [0.2, 0.25) is 10.0 Å². The smallest absolute Gasteiger partial charge is 0.343 e. The standard InChI is InChI=1S/C22H31Cl2N3O5S/c1-15(2)4-6-17-21(28)27(33-25(17)3)14-32-22(29)19-16(23)5-7-18(20(19)24)31-13-10-26-8-11-30-12-9-26/h5,7,15,17H,4,6,8-14H2,1-3H3. The maximum absolute atomic E-state index is 12.8. The van der Waals surface area contributed by atoms with E-state index in [0.29, 0.717) is 31.5 Å². The second kappa shape index (κ2) is 12.5. The normalized spacial score (nSPS) is 20.0. The van der Waals surface area contributed by atoms with Gasteiger partial charge in [-0.15, -0.1) is 0 Å². The van der Waals surface area contributed by atoms with Crippen LogP contribution in [-0.4, -0.2) is 84.7 Å². The number of esters is 1. The number of rotatable bonds is 10. The van der Waals surface area contributed by atoms with Gasteiger partial charge in [-0.05, 0) is 30.9 Å². The molecule has 1 unspecified atom stereocenters. The Morgan fingerprint density at radius 2 is 2.00 bits per heavy atom. The van der Waals surface area contributed by atoms with Crippen molar-refractivity contribution in [2.45, 2.75) is 32.7 Å². The van der Waals surface area contributed by atoms with Gasteiger partial charge in [0.25, 0.3) is 5.91 Å². The number of ether oxygens (including phenoxy) is 3. The van der Waals surface area contributed by atoms with Crippen molar-refractivity contribution in [2.75, 3.05) is 53.2 Å². The van der Waals surface area contributed by atoms with Gasteiger partial charge >= 0.3 is 5.97 Å². The Balaban J connectivity index is 1.55. The van der Waals surface area contributed by atoms with Crippen LogP contribution in [0.1, 0.15) is 37.0 Å². The summed E-state index contributed by atoms with van der Waals surface area (Å²) >= 11 is 13.9. The number of benzene rings is 1. The van der Waals surface area contributed by atoms with Gasteiger partial charge < -0.3 is 14.2 Å². The highest BCUT2D eigenvalue weighted by atomic mass is 35.5. The second-order valence-corrected chi connectivity index (χ2v) is 10.4. The summed E-state index contributed by atoms with van der Waals surface area (Å²) in [5.74, 6) is 0.0933. The van der Waals surface area contributed by atoms with E-state index < -0.39 is 5.97 Å². The molecule has 1 atom stereocenters. The Kier molecular flexibility index (Phi) is 9.96. The summed E-state index contributed by atoms with van der Waals surface area (Å²) in [5, 5.41) is 0.264. The average Bonchev–Trinajstić information content (AvgIpc) is 3.05. The van der Waals surface area contributed by atoms with Crippen molar-refractivity contribution in [3.05, 3.63) is 27.7 Å². The molecule has 2 aliphatic heterocycles. The molecule has 3 rings (SSSR count). The summed E-state index contributed by atoms with van der Waals surface area (Å²) in [6, 6.07) is 2.96. The average molecular weight is 520 g/mol. The van der Waals surface area contributed by atoms with E-state index in [1.54, 1.807) is 12.1 Å². The molecule has 1 aromatic rings. The van der Waals surface area contributed by atoms with Crippen LogP contribution in [0.3, 0.4) is 0 Å². The lowest BCUT2D eigenvalue weighted by Gasteiger charge is -2.26. The lowest BCUT2D eigenvalue weighted by Crippen LogP contribution is -2.38. The molecule has 0 bridgehead atoms. The first kappa shape index (κ1) is 26.4. The van der Waals surface area contributed by atoms with Crippen LogP contribution in [0.25, 0.3) is 0 Å². The van der Waals surface area contributed by atoms with Gasteiger partial charge in [0.15, 0.2) is 6.73 Å². The van der Waals surface area contributed by atoms with E-state index >= 15 is 0 Å². The van der Waals surface area contributed by atoms with Gasteiger partial charge in [-0.2, -0.15) is 0 Å². The van der Waals surface area contributed by atoms with Gasteiger partial charge in [0.1, 0.15) is 24.0 Å². The molecule has 11 heteroatoms. The van der Waals surface area contributed by atoms with Crippen molar-refractivity contribution in [1.82, 2.24) is 13.5 Å². The number of hydrogen-bond acceptors (Lipinski definition) is 8. The van der Waals surface area contributed by atoms with Crippen LogP contribution in [0, 0.1) is 5.92 Å². The monoisotopic (exact) mass is 519 g/mol. The van der Waals surface area contributed by atoms with E-state index in [-0.39, 0.29) is 34.3 Å². The predicted molar refractivity (Wildman–Crippen MR) is 130 cm³/mol. The topological polar surface area (TPSA) is 71.5 Å². The molecule has 0 aromatic heterocycles. The zero-order valence-corrected chi connectivity index (χ0v) is 21.5. The third-order valence-electron chi connectivity index (χ3n) is 5.56. The quantitative estimate of drug-likeness (QED) is 0.339. The minimum Gasteiger partial charge on any atom is -0.491 e. The van der Waals surface area contributed by atoms with E-state index in [1.165, 1.54) is 16.4 Å². The van der Waals surface area contributed by atoms with E-state index in [0.717, 1.165) is 32.5 Å². The van der Waals surface area contributed by atoms with Crippen LogP contribution >= 0.6 is 35.3 Å². The number of likely N-dealkylation sites (N-methyl/N-ethyl adjacent to an activating group) is 1. The Morgan fingerprint density at radius 1 is 1.27 bits per heavy atom. The van der Waals surface area contributed by atoms with Gasteiger partial charge in [0.2, 0.25) is 0 Å². The number of morpholine rings is 1. The van der Waals surface area contributed by atoms with Crippen molar-refractivity contribution in [2.24, 2.45) is 5.92 Å². The molecule has 0 spiro atoms. The minimum absolute atomic E-state index is 0.0311. The number of carbonyl (C=O) groups excluding carboxylic acids is 2. The fourth-order valence-corrected chi connectivity index (χ4v) is 5.09. The molecule has 1 aromatic carbocycles. The molecule has 1 amide bonds. The Hall–Kier alpha value is -1.23. The Bertz CT molecular complexity index is 838. The first-order valence-electron chi connectivity index (χ1n) is 11.1. The van der Waals surface area contributed by atoms with Crippen molar-refractivity contribution >= 4 is 47.2 Å². The third kappa shape index (κ3) is 7.13. The molecule has 0 aliphatic carbocycles. The highest BCUT2D eigenvalue weighted by Crippen LogP contribution is 2.35. The summed E-state index contributed by atoms with van der Waals surface area (Å²) < 4.78 is 19.9. The molecular formula is C22H31Cl2N3O5S. The third-order valence-corrected chi connectivity index (χ3v) is 7.24. The SMILES string of the molecule is CC(C)CCC1C(=O)N(COC(=O)c2c(Cl)ccc(OCCN3CCOCC3)c2Cl)SN1C. The summed E-state index contributed by atoms with van der Waals surface area (Å²) in [5.41, 5.74) is 0.0311. The van der Waals surface area contributed by atoms with E-state index in [9.17, 15) is 9.59 Å². The Labute approximate surface area is 209 Å². The summed E-state index contributed by atoms with van der Waals surface area (Å²) in [7, 11) is 1.86. The molecule has 2 fully saturated rings. The van der Waals surface area contributed by atoms with Crippen LogP contribution in [-0.2, 0) is 14.3 Å². The fourth-order valence-electron chi connectivity index (χ4n) is 3.59. The highest BCUT2D eigenvalue weighted by molar-refractivity contribution is 7.95. The molecule has 0 radical (unpaired) electrons. The fraction of sp³-hybridized carbons (Fsp3) is 0.636. The summed E-state index contributed by atoms with van der Waals surface area (Å²) in [6.07, 6.45) is 1.70. The van der Waals surface area contributed by atoms with Gasteiger partial charge in [-0.3, -0.25) is 9.69 Å². The number of carbonyl (C=O) groups is 2. The van der Waals surface area contributed by atoms with E-state index in [4.69, 9.17) is 37.4 Å².